The molecule has 33 heavy (non-hydrogen) atoms. The van der Waals surface area contributed by atoms with Crippen molar-refractivity contribution in [1.82, 2.24) is 25.0 Å². The largest absolute Gasteiger partial charge is 0.306 e. The zero-order chi connectivity index (χ0) is 22.8. The molecule has 0 aliphatic carbocycles. The summed E-state index contributed by atoms with van der Waals surface area (Å²) in [5.41, 5.74) is 3.72. The zero-order valence-corrected chi connectivity index (χ0v) is 17.8. The summed E-state index contributed by atoms with van der Waals surface area (Å²) in [6.45, 7) is 0. The van der Waals surface area contributed by atoms with Crippen LogP contribution in [0.2, 0.25) is 5.02 Å². The number of halogens is 2. The molecule has 2 aromatic carbocycles. The van der Waals surface area contributed by atoms with Crippen molar-refractivity contribution in [3.8, 4) is 28.2 Å². The molecule has 0 bridgehead atoms. The number of nitrogens with zero attached hydrogens (tertiary/aromatic N) is 4. The second-order valence-electron chi connectivity index (χ2n) is 7.15. The highest BCUT2D eigenvalue weighted by Crippen LogP contribution is 2.29. The lowest BCUT2D eigenvalue weighted by molar-refractivity contribution is 0.102. The van der Waals surface area contributed by atoms with E-state index in [1.54, 1.807) is 65.7 Å². The van der Waals surface area contributed by atoms with Gasteiger partial charge in [0.15, 0.2) is 0 Å². The second-order valence-corrected chi connectivity index (χ2v) is 7.55. The summed E-state index contributed by atoms with van der Waals surface area (Å²) in [4.78, 5) is 17.2. The number of amides is 1. The van der Waals surface area contributed by atoms with Gasteiger partial charge in [0, 0.05) is 41.3 Å². The van der Waals surface area contributed by atoms with Gasteiger partial charge in [-0.3, -0.25) is 14.9 Å². The highest BCUT2D eigenvalue weighted by Gasteiger charge is 2.17. The van der Waals surface area contributed by atoms with E-state index in [4.69, 9.17) is 11.6 Å². The smallest absolute Gasteiger partial charge is 0.256 e. The first-order valence-corrected chi connectivity index (χ1v) is 10.3. The van der Waals surface area contributed by atoms with E-state index in [1.807, 2.05) is 12.1 Å². The normalized spacial score (nSPS) is 10.8. The summed E-state index contributed by atoms with van der Waals surface area (Å²) in [6, 6.07) is 18.0. The number of carbonyl (C=O) groups excluding carboxylic acids is 1. The fraction of sp³-hybridized carbons (Fsp3) is 0. The van der Waals surface area contributed by atoms with Crippen molar-refractivity contribution in [3.05, 3.63) is 102 Å². The van der Waals surface area contributed by atoms with E-state index in [1.165, 1.54) is 12.1 Å². The molecule has 162 valence electrons. The number of H-pyrrole nitrogens is 1. The number of nitrogens with one attached hydrogen (secondary N) is 2. The van der Waals surface area contributed by atoms with Gasteiger partial charge < -0.3 is 5.32 Å². The Morgan fingerprint density at radius 1 is 0.970 bits per heavy atom. The van der Waals surface area contributed by atoms with Gasteiger partial charge in [-0.2, -0.15) is 10.2 Å². The number of pyridine rings is 1. The molecule has 9 heteroatoms. The van der Waals surface area contributed by atoms with Crippen LogP contribution in [0.4, 0.5) is 10.2 Å². The first-order valence-electron chi connectivity index (χ1n) is 9.96. The van der Waals surface area contributed by atoms with Crippen molar-refractivity contribution in [3.63, 3.8) is 0 Å². The number of rotatable bonds is 5. The maximum Gasteiger partial charge on any atom is 0.256 e. The van der Waals surface area contributed by atoms with Crippen molar-refractivity contribution in [2.24, 2.45) is 0 Å². The van der Waals surface area contributed by atoms with Crippen molar-refractivity contribution < 1.29 is 9.18 Å². The average Bonchev–Trinajstić information content (AvgIpc) is 3.51. The highest BCUT2D eigenvalue weighted by molar-refractivity contribution is 6.33. The predicted octanol–water partition coefficient (Wildman–Crippen LogP) is 5.37. The maximum atomic E-state index is 13.5. The van der Waals surface area contributed by atoms with E-state index in [9.17, 15) is 9.18 Å². The van der Waals surface area contributed by atoms with Crippen molar-refractivity contribution in [2.75, 3.05) is 5.32 Å². The summed E-state index contributed by atoms with van der Waals surface area (Å²) < 4.78 is 15.0. The minimum Gasteiger partial charge on any atom is -0.306 e. The Hall–Kier alpha value is -4.30. The molecule has 2 N–H and O–H groups in total. The Morgan fingerprint density at radius 2 is 1.76 bits per heavy atom. The molecule has 1 amide bonds. The van der Waals surface area contributed by atoms with E-state index in [0.29, 0.717) is 39.0 Å². The molecule has 5 rings (SSSR count). The standard InChI is InChI=1S/C24H16ClFN6O/c25-20-6-1-16(13-19(20)21-9-12-28-30-21)24(33)29-23-14-22(15-7-10-27-11-8-15)31-32(23)18-4-2-17(26)3-5-18/h1-14H,(H,28,30)(H,29,33). The number of aromatic amines is 1. The Kier molecular flexibility index (Phi) is 5.42. The van der Waals surface area contributed by atoms with Gasteiger partial charge in [0.05, 0.1) is 22.1 Å². The molecule has 5 aromatic rings. The number of anilines is 1. The number of aromatic nitrogens is 5. The van der Waals surface area contributed by atoms with Gasteiger partial charge in [0.2, 0.25) is 0 Å². The van der Waals surface area contributed by atoms with Crippen LogP contribution in [0.3, 0.4) is 0 Å². The van der Waals surface area contributed by atoms with Gasteiger partial charge in [0.25, 0.3) is 5.91 Å². The third kappa shape index (κ3) is 4.24. The van der Waals surface area contributed by atoms with Crippen LogP contribution in [0.15, 0.2) is 85.3 Å². The molecule has 3 aromatic heterocycles. The topological polar surface area (TPSA) is 88.5 Å². The van der Waals surface area contributed by atoms with Crippen LogP contribution in [-0.4, -0.2) is 30.9 Å². The SMILES string of the molecule is O=C(Nc1cc(-c2ccncc2)nn1-c1ccc(F)cc1)c1ccc(Cl)c(-c2cc[nH]n2)c1. The van der Waals surface area contributed by atoms with Gasteiger partial charge in [-0.25, -0.2) is 9.07 Å². The van der Waals surface area contributed by atoms with Crippen LogP contribution in [0, 0.1) is 5.82 Å². The fourth-order valence-corrected chi connectivity index (χ4v) is 3.59. The molecule has 0 radical (unpaired) electrons. The summed E-state index contributed by atoms with van der Waals surface area (Å²) in [7, 11) is 0. The minimum absolute atomic E-state index is 0.354. The third-order valence-electron chi connectivity index (χ3n) is 5.00. The highest BCUT2D eigenvalue weighted by atomic mass is 35.5. The lowest BCUT2D eigenvalue weighted by Gasteiger charge is -2.10. The van der Waals surface area contributed by atoms with Gasteiger partial charge in [0.1, 0.15) is 11.6 Å². The van der Waals surface area contributed by atoms with Crippen LogP contribution >= 0.6 is 11.6 Å². The Morgan fingerprint density at radius 3 is 2.48 bits per heavy atom. The van der Waals surface area contributed by atoms with Gasteiger partial charge in [-0.1, -0.05) is 11.6 Å². The lowest BCUT2D eigenvalue weighted by atomic mass is 10.1. The monoisotopic (exact) mass is 458 g/mol. The Bertz CT molecular complexity index is 1420. The fourth-order valence-electron chi connectivity index (χ4n) is 3.37. The predicted molar refractivity (Wildman–Crippen MR) is 124 cm³/mol. The summed E-state index contributed by atoms with van der Waals surface area (Å²) >= 11 is 6.31. The van der Waals surface area contributed by atoms with Crippen LogP contribution in [-0.2, 0) is 0 Å². The molecular formula is C24H16ClFN6O. The maximum absolute atomic E-state index is 13.5. The minimum atomic E-state index is -0.363. The van der Waals surface area contributed by atoms with Crippen LogP contribution < -0.4 is 5.32 Å². The number of carbonyl (C=O) groups is 1. The van der Waals surface area contributed by atoms with Crippen LogP contribution in [0.5, 0.6) is 0 Å². The molecule has 3 heterocycles. The van der Waals surface area contributed by atoms with Crippen molar-refractivity contribution >= 4 is 23.3 Å². The zero-order valence-electron chi connectivity index (χ0n) is 17.0. The van der Waals surface area contributed by atoms with E-state index < -0.39 is 0 Å². The third-order valence-corrected chi connectivity index (χ3v) is 5.33. The van der Waals surface area contributed by atoms with Gasteiger partial charge in [-0.05, 0) is 60.7 Å². The molecule has 0 saturated carbocycles. The number of hydrogen-bond donors (Lipinski definition) is 2. The molecule has 0 aliphatic rings. The van der Waals surface area contributed by atoms with E-state index in [0.717, 1.165) is 5.56 Å². The number of benzene rings is 2. The average molecular weight is 459 g/mol. The Labute approximate surface area is 192 Å². The molecule has 0 unspecified atom stereocenters. The molecular weight excluding hydrogens is 443 g/mol. The summed E-state index contributed by atoms with van der Waals surface area (Å²) in [5.74, 6) is -0.291. The Balaban J connectivity index is 1.52. The summed E-state index contributed by atoms with van der Waals surface area (Å²) in [5, 5.41) is 14.9. The first-order chi connectivity index (χ1) is 16.1. The van der Waals surface area contributed by atoms with Crippen LogP contribution in [0.1, 0.15) is 10.4 Å². The molecule has 0 atom stereocenters. The quantitative estimate of drug-likeness (QED) is 0.370. The summed E-state index contributed by atoms with van der Waals surface area (Å²) in [6.07, 6.45) is 5.00. The van der Waals surface area contributed by atoms with E-state index >= 15 is 0 Å². The lowest BCUT2D eigenvalue weighted by Crippen LogP contribution is -2.15. The van der Waals surface area contributed by atoms with E-state index in [2.05, 4.69) is 25.6 Å². The molecule has 0 spiro atoms. The number of hydrogen-bond acceptors (Lipinski definition) is 4. The van der Waals surface area contributed by atoms with Gasteiger partial charge >= 0.3 is 0 Å². The molecule has 7 nitrogen and oxygen atoms in total. The first kappa shape index (κ1) is 20.6. The molecule has 0 fully saturated rings. The van der Waals surface area contributed by atoms with Crippen molar-refractivity contribution in [1.29, 1.82) is 0 Å². The van der Waals surface area contributed by atoms with Crippen LogP contribution in [0.25, 0.3) is 28.2 Å². The molecule has 0 aliphatic heterocycles. The van der Waals surface area contributed by atoms with Crippen molar-refractivity contribution in [2.45, 2.75) is 0 Å². The second kappa shape index (κ2) is 8.68. The molecule has 0 saturated heterocycles. The van der Waals surface area contributed by atoms with Gasteiger partial charge in [-0.15, -0.1) is 0 Å². The van der Waals surface area contributed by atoms with E-state index in [-0.39, 0.29) is 11.7 Å².